The van der Waals surface area contributed by atoms with Gasteiger partial charge < -0.3 is 14.8 Å². The molecule has 1 amide bonds. The second-order valence-corrected chi connectivity index (χ2v) is 8.38. The summed E-state index contributed by atoms with van der Waals surface area (Å²) in [5, 5.41) is 2.76. The van der Waals surface area contributed by atoms with E-state index in [1.165, 1.54) is 38.5 Å². The number of hydrogen-bond acceptors (Lipinski definition) is 5. The number of carbonyl (C=O) groups is 3. The fraction of sp³-hybridized carbons (Fsp3) is 0.250. The molecule has 2 unspecified atom stereocenters. The Hall–Kier alpha value is -4.00. The number of halogens is 1. The summed E-state index contributed by atoms with van der Waals surface area (Å²) in [5.41, 5.74) is 1.07. The highest BCUT2D eigenvalue weighted by atomic mass is 19.1. The number of benzene rings is 3. The minimum absolute atomic E-state index is 0.206. The molecule has 2 atom stereocenters. The summed E-state index contributed by atoms with van der Waals surface area (Å²) in [6, 6.07) is 18.6. The highest BCUT2D eigenvalue weighted by Gasteiger charge is 2.41. The molecule has 0 aliphatic heterocycles. The van der Waals surface area contributed by atoms with Gasteiger partial charge in [-0.15, -0.1) is 0 Å². The molecule has 6 nitrogen and oxygen atoms in total. The van der Waals surface area contributed by atoms with Crippen molar-refractivity contribution in [3.8, 4) is 11.5 Å². The predicted octanol–water partition coefficient (Wildman–Crippen LogP) is 5.29. The molecule has 0 aliphatic rings. The van der Waals surface area contributed by atoms with E-state index >= 15 is 0 Å². The molecule has 0 bridgehead atoms. The van der Waals surface area contributed by atoms with E-state index in [0.717, 1.165) is 0 Å². The number of amides is 1. The number of ketones is 2. The Kier molecular flexibility index (Phi) is 8.36. The van der Waals surface area contributed by atoms with Crippen LogP contribution in [0.5, 0.6) is 11.5 Å². The lowest BCUT2D eigenvalue weighted by atomic mass is 9.75. The molecule has 0 saturated heterocycles. The Morgan fingerprint density at radius 1 is 0.829 bits per heavy atom. The normalized spacial score (nSPS) is 12.5. The summed E-state index contributed by atoms with van der Waals surface area (Å²) in [5.74, 6) is -4.01. The lowest BCUT2D eigenvalue weighted by Crippen LogP contribution is -2.40. The summed E-state index contributed by atoms with van der Waals surface area (Å²) < 4.78 is 24.0. The third-order valence-corrected chi connectivity index (χ3v) is 5.68. The zero-order valence-electron chi connectivity index (χ0n) is 20.1. The molecule has 0 heterocycles. The Morgan fingerprint density at radius 3 is 1.91 bits per heavy atom. The fourth-order valence-electron chi connectivity index (χ4n) is 3.85. The van der Waals surface area contributed by atoms with E-state index in [1.54, 1.807) is 62.4 Å². The van der Waals surface area contributed by atoms with Crippen molar-refractivity contribution in [1.82, 2.24) is 0 Å². The molecule has 0 aliphatic carbocycles. The number of hydrogen-bond donors (Lipinski definition) is 1. The van der Waals surface area contributed by atoms with Gasteiger partial charge in [0.25, 0.3) is 0 Å². The van der Waals surface area contributed by atoms with Gasteiger partial charge in [0.15, 0.2) is 5.78 Å². The first kappa shape index (κ1) is 25.6. The van der Waals surface area contributed by atoms with Crippen molar-refractivity contribution in [1.29, 1.82) is 0 Å². The molecule has 0 fully saturated rings. The van der Waals surface area contributed by atoms with Gasteiger partial charge in [-0.2, -0.15) is 0 Å². The van der Waals surface area contributed by atoms with Crippen molar-refractivity contribution in [2.45, 2.75) is 19.8 Å². The maximum Gasteiger partial charge on any atom is 0.236 e. The second-order valence-electron chi connectivity index (χ2n) is 8.38. The van der Waals surface area contributed by atoms with E-state index in [2.05, 4.69) is 5.32 Å². The molecule has 0 saturated carbocycles. The van der Waals surface area contributed by atoms with Crippen LogP contribution in [0.25, 0.3) is 0 Å². The van der Waals surface area contributed by atoms with Gasteiger partial charge in [0, 0.05) is 35.4 Å². The van der Waals surface area contributed by atoms with Crippen molar-refractivity contribution >= 4 is 23.2 Å². The van der Waals surface area contributed by atoms with Crippen LogP contribution < -0.4 is 14.8 Å². The van der Waals surface area contributed by atoms with E-state index in [4.69, 9.17) is 9.47 Å². The molecular weight excluding hydrogens is 449 g/mol. The molecule has 1 N–H and O–H groups in total. The monoisotopic (exact) mass is 477 g/mol. The van der Waals surface area contributed by atoms with Crippen LogP contribution in [0.2, 0.25) is 0 Å². The highest BCUT2D eigenvalue weighted by Crippen LogP contribution is 2.33. The van der Waals surface area contributed by atoms with E-state index in [9.17, 15) is 18.8 Å². The number of nitrogens with one attached hydrogen (secondary N) is 1. The molecule has 0 spiro atoms. The SMILES string of the molecule is COc1cc(NC(=O)C(C(=O)C(C)C)C(C(=O)c2ccc(F)cc2)c2ccccc2)cc(OC)c1. The molecule has 0 aromatic heterocycles. The van der Waals surface area contributed by atoms with Gasteiger partial charge in [0.1, 0.15) is 29.0 Å². The molecule has 3 aromatic carbocycles. The van der Waals surface area contributed by atoms with Crippen LogP contribution in [0, 0.1) is 17.7 Å². The molecule has 35 heavy (non-hydrogen) atoms. The average molecular weight is 478 g/mol. The first-order valence-corrected chi connectivity index (χ1v) is 11.2. The zero-order chi connectivity index (χ0) is 25.5. The van der Waals surface area contributed by atoms with Crippen molar-refractivity contribution in [3.63, 3.8) is 0 Å². The zero-order valence-corrected chi connectivity index (χ0v) is 20.1. The van der Waals surface area contributed by atoms with Gasteiger partial charge in [-0.25, -0.2) is 4.39 Å². The number of anilines is 1. The fourth-order valence-corrected chi connectivity index (χ4v) is 3.85. The van der Waals surface area contributed by atoms with Crippen LogP contribution in [0.3, 0.4) is 0 Å². The van der Waals surface area contributed by atoms with Crippen molar-refractivity contribution in [2.24, 2.45) is 11.8 Å². The highest BCUT2D eigenvalue weighted by molar-refractivity contribution is 6.14. The lowest BCUT2D eigenvalue weighted by Gasteiger charge is -2.26. The first-order chi connectivity index (χ1) is 16.7. The van der Waals surface area contributed by atoms with Crippen molar-refractivity contribution in [2.75, 3.05) is 19.5 Å². The van der Waals surface area contributed by atoms with Crippen LogP contribution in [-0.4, -0.2) is 31.7 Å². The van der Waals surface area contributed by atoms with E-state index in [0.29, 0.717) is 22.7 Å². The Bertz CT molecular complexity index is 1170. The van der Waals surface area contributed by atoms with Gasteiger partial charge in [-0.05, 0) is 29.8 Å². The van der Waals surface area contributed by atoms with Gasteiger partial charge in [0.05, 0.1) is 20.1 Å². The van der Waals surface area contributed by atoms with Crippen LogP contribution in [0.1, 0.15) is 35.7 Å². The Balaban J connectivity index is 2.09. The summed E-state index contributed by atoms with van der Waals surface area (Å²) in [6.07, 6.45) is 0. The third kappa shape index (κ3) is 6.12. The van der Waals surface area contributed by atoms with E-state index in [1.807, 2.05) is 0 Å². The van der Waals surface area contributed by atoms with Crippen LogP contribution in [0.15, 0.2) is 72.8 Å². The standard InChI is InChI=1S/C28H28FNO5/c1-17(2)26(31)25(28(33)30-21-14-22(34-3)16-23(15-21)35-4)24(18-8-6-5-7-9-18)27(32)19-10-12-20(29)13-11-19/h5-17,24-25H,1-4H3,(H,30,33). The molecule has 182 valence electrons. The molecule has 3 aromatic rings. The Morgan fingerprint density at radius 2 is 1.40 bits per heavy atom. The number of carbonyl (C=O) groups excluding carboxylic acids is 3. The maximum absolute atomic E-state index is 13.7. The first-order valence-electron chi connectivity index (χ1n) is 11.2. The summed E-state index contributed by atoms with van der Waals surface area (Å²) >= 11 is 0. The van der Waals surface area contributed by atoms with Gasteiger partial charge in [0.2, 0.25) is 5.91 Å². The van der Waals surface area contributed by atoms with E-state index < -0.39 is 35.3 Å². The van der Waals surface area contributed by atoms with Crippen molar-refractivity contribution < 1.29 is 28.2 Å². The summed E-state index contributed by atoms with van der Waals surface area (Å²) in [6.45, 7) is 3.36. The number of rotatable bonds is 10. The number of ether oxygens (including phenoxy) is 2. The number of methoxy groups -OCH3 is 2. The molecular formula is C28H28FNO5. The Labute approximate surface area is 204 Å². The quantitative estimate of drug-likeness (QED) is 0.317. The smallest absolute Gasteiger partial charge is 0.236 e. The predicted molar refractivity (Wildman–Crippen MR) is 131 cm³/mol. The summed E-state index contributed by atoms with van der Waals surface area (Å²) in [4.78, 5) is 40.7. The largest absolute Gasteiger partial charge is 0.497 e. The van der Waals surface area contributed by atoms with Crippen LogP contribution in [0.4, 0.5) is 10.1 Å². The van der Waals surface area contributed by atoms with Crippen LogP contribution in [-0.2, 0) is 9.59 Å². The van der Waals surface area contributed by atoms with Gasteiger partial charge in [-0.3, -0.25) is 14.4 Å². The minimum Gasteiger partial charge on any atom is -0.497 e. The molecule has 7 heteroatoms. The average Bonchev–Trinajstić information content (AvgIpc) is 2.86. The van der Waals surface area contributed by atoms with Gasteiger partial charge in [-0.1, -0.05) is 44.2 Å². The van der Waals surface area contributed by atoms with Crippen LogP contribution >= 0.6 is 0 Å². The topological polar surface area (TPSA) is 81.7 Å². The molecule has 0 radical (unpaired) electrons. The lowest BCUT2D eigenvalue weighted by molar-refractivity contribution is -0.133. The van der Waals surface area contributed by atoms with Crippen molar-refractivity contribution in [3.05, 3.63) is 89.7 Å². The number of Topliss-reactive ketones (excluding diaryl/α,β-unsaturated/α-hetero) is 2. The second kappa shape index (κ2) is 11.4. The van der Waals surface area contributed by atoms with E-state index in [-0.39, 0.29) is 11.3 Å². The summed E-state index contributed by atoms with van der Waals surface area (Å²) in [7, 11) is 2.97. The third-order valence-electron chi connectivity index (χ3n) is 5.68. The minimum atomic E-state index is -1.33. The van der Waals surface area contributed by atoms with Gasteiger partial charge >= 0.3 is 0 Å². The maximum atomic E-state index is 13.7. The molecule has 3 rings (SSSR count).